The lowest BCUT2D eigenvalue weighted by Gasteiger charge is -2.36. The monoisotopic (exact) mass is 291 g/mol. The Morgan fingerprint density at radius 3 is 2.73 bits per heavy atom. The lowest BCUT2D eigenvalue weighted by Crippen LogP contribution is -2.43. The first-order chi connectivity index (χ1) is 10.9. The molecule has 3 heteroatoms. The molecule has 2 atom stereocenters. The first-order valence-corrected chi connectivity index (χ1v) is 8.11. The molecule has 3 aromatic rings. The standard InChI is InChI=1S/C14H16N2.C5H5N/c1-3-11-10-4-2-6-15-13(10)7-9-8-16-12(5-1)14(9)11;1-2-4-6-5-3-1/h1,3,5,8,10,13,15-16H,2,4,6-7H2;1-5H/t10-,13-;/m1./s1. The molecule has 0 radical (unpaired) electrons. The Hall–Kier alpha value is -2.13. The summed E-state index contributed by atoms with van der Waals surface area (Å²) in [7, 11) is 0. The SMILES string of the molecule is c1cc2c3c(c[nH]c3c1)C[C@H]1NCCC[C@H]21.c1ccncc1. The van der Waals surface area contributed by atoms with Gasteiger partial charge in [-0.15, -0.1) is 0 Å². The topological polar surface area (TPSA) is 40.7 Å². The highest BCUT2D eigenvalue weighted by molar-refractivity contribution is 5.88. The van der Waals surface area contributed by atoms with Crippen LogP contribution < -0.4 is 5.32 Å². The fourth-order valence-corrected chi connectivity index (χ4v) is 3.84. The van der Waals surface area contributed by atoms with Crippen molar-refractivity contribution in [1.29, 1.82) is 0 Å². The third kappa shape index (κ3) is 2.42. The third-order valence-corrected chi connectivity index (χ3v) is 4.81. The van der Waals surface area contributed by atoms with Gasteiger partial charge in [0.05, 0.1) is 0 Å². The average Bonchev–Trinajstić information content (AvgIpc) is 3.02. The number of piperidine rings is 1. The molecule has 1 saturated heterocycles. The molecule has 2 N–H and O–H groups in total. The number of hydrogen-bond acceptors (Lipinski definition) is 2. The first-order valence-electron chi connectivity index (χ1n) is 8.11. The predicted octanol–water partition coefficient (Wildman–Crippen LogP) is 3.64. The van der Waals surface area contributed by atoms with Crippen LogP contribution in [0.1, 0.15) is 29.9 Å². The van der Waals surface area contributed by atoms with Crippen LogP contribution >= 0.6 is 0 Å². The van der Waals surface area contributed by atoms with E-state index in [1.165, 1.54) is 42.3 Å². The van der Waals surface area contributed by atoms with Crippen molar-refractivity contribution in [1.82, 2.24) is 15.3 Å². The van der Waals surface area contributed by atoms with Crippen LogP contribution in [0.2, 0.25) is 0 Å². The molecule has 22 heavy (non-hydrogen) atoms. The number of nitrogens with one attached hydrogen (secondary N) is 2. The molecule has 112 valence electrons. The normalized spacial score (nSPS) is 22.5. The van der Waals surface area contributed by atoms with Gasteiger partial charge in [-0.2, -0.15) is 0 Å². The van der Waals surface area contributed by atoms with Crippen molar-refractivity contribution in [2.45, 2.75) is 31.2 Å². The van der Waals surface area contributed by atoms with Crippen molar-refractivity contribution in [3.63, 3.8) is 0 Å². The summed E-state index contributed by atoms with van der Waals surface area (Å²) in [5.41, 5.74) is 4.38. The van der Waals surface area contributed by atoms with Crippen molar-refractivity contribution >= 4 is 10.9 Å². The minimum Gasteiger partial charge on any atom is -0.361 e. The highest BCUT2D eigenvalue weighted by Gasteiger charge is 2.32. The number of fused-ring (bicyclic) bond motifs is 2. The van der Waals surface area contributed by atoms with Gasteiger partial charge in [-0.1, -0.05) is 18.2 Å². The highest BCUT2D eigenvalue weighted by Crippen LogP contribution is 2.40. The molecule has 3 nitrogen and oxygen atoms in total. The Morgan fingerprint density at radius 2 is 1.95 bits per heavy atom. The van der Waals surface area contributed by atoms with Gasteiger partial charge < -0.3 is 10.3 Å². The van der Waals surface area contributed by atoms with E-state index in [1.54, 1.807) is 18.0 Å². The molecule has 0 saturated carbocycles. The van der Waals surface area contributed by atoms with Crippen molar-refractivity contribution < 1.29 is 0 Å². The number of H-pyrrole nitrogens is 1. The second kappa shape index (κ2) is 5.93. The van der Waals surface area contributed by atoms with Gasteiger partial charge >= 0.3 is 0 Å². The molecule has 1 aromatic carbocycles. The third-order valence-electron chi connectivity index (χ3n) is 4.81. The molecule has 0 spiro atoms. The summed E-state index contributed by atoms with van der Waals surface area (Å²) in [6.45, 7) is 1.19. The van der Waals surface area contributed by atoms with Crippen LogP contribution in [-0.2, 0) is 6.42 Å². The Kier molecular flexibility index (Phi) is 3.65. The Labute approximate surface area is 130 Å². The maximum Gasteiger partial charge on any atom is 0.0459 e. The number of benzene rings is 1. The zero-order valence-electron chi connectivity index (χ0n) is 12.6. The minimum absolute atomic E-state index is 0.669. The quantitative estimate of drug-likeness (QED) is 0.664. The summed E-state index contributed by atoms with van der Waals surface area (Å²) in [5, 5.41) is 5.19. The lowest BCUT2D eigenvalue weighted by molar-refractivity contribution is 0.345. The molecule has 1 aliphatic carbocycles. The molecule has 2 aromatic heterocycles. The Bertz CT molecular complexity index is 721. The number of aromatic nitrogens is 2. The molecular formula is C19H21N3. The molecule has 0 amide bonds. The molecule has 5 rings (SSSR count). The van der Waals surface area contributed by atoms with E-state index in [1.807, 2.05) is 18.2 Å². The van der Waals surface area contributed by atoms with Crippen molar-refractivity contribution in [3.05, 3.63) is 66.1 Å². The number of nitrogens with zero attached hydrogens (tertiary/aromatic N) is 1. The van der Waals surface area contributed by atoms with E-state index >= 15 is 0 Å². The summed E-state index contributed by atoms with van der Waals surface area (Å²) in [6, 6.07) is 13.1. The van der Waals surface area contributed by atoms with Crippen LogP contribution in [0.25, 0.3) is 10.9 Å². The van der Waals surface area contributed by atoms with E-state index in [0.717, 1.165) is 5.92 Å². The molecule has 1 fully saturated rings. The lowest BCUT2D eigenvalue weighted by atomic mass is 9.76. The van der Waals surface area contributed by atoms with E-state index in [4.69, 9.17) is 0 Å². The van der Waals surface area contributed by atoms with Crippen molar-refractivity contribution in [2.75, 3.05) is 6.54 Å². The van der Waals surface area contributed by atoms with Gasteiger partial charge in [0.1, 0.15) is 0 Å². The minimum atomic E-state index is 0.669. The molecule has 0 bridgehead atoms. The van der Waals surface area contributed by atoms with Crippen molar-refractivity contribution in [2.24, 2.45) is 0 Å². The van der Waals surface area contributed by atoms with Crippen LogP contribution in [0.4, 0.5) is 0 Å². The zero-order chi connectivity index (χ0) is 14.8. The Morgan fingerprint density at radius 1 is 1.05 bits per heavy atom. The van der Waals surface area contributed by atoms with E-state index < -0.39 is 0 Å². The maximum absolute atomic E-state index is 3.78. The molecule has 3 heterocycles. The number of rotatable bonds is 0. The summed E-state index contributed by atoms with van der Waals surface area (Å²) in [4.78, 5) is 7.19. The summed E-state index contributed by atoms with van der Waals surface area (Å²) < 4.78 is 0. The van der Waals surface area contributed by atoms with Gasteiger partial charge in [-0.05, 0) is 55.1 Å². The van der Waals surface area contributed by atoms with Gasteiger partial charge in [0.2, 0.25) is 0 Å². The number of pyridine rings is 1. The van der Waals surface area contributed by atoms with Gasteiger partial charge in [-0.3, -0.25) is 4.98 Å². The predicted molar refractivity (Wildman–Crippen MR) is 90.0 cm³/mol. The van der Waals surface area contributed by atoms with Gasteiger partial charge in [-0.25, -0.2) is 0 Å². The zero-order valence-corrected chi connectivity index (χ0v) is 12.6. The summed E-state index contributed by atoms with van der Waals surface area (Å²) >= 11 is 0. The fourth-order valence-electron chi connectivity index (χ4n) is 3.84. The van der Waals surface area contributed by atoms with Crippen LogP contribution in [0.5, 0.6) is 0 Å². The van der Waals surface area contributed by atoms with E-state index in [2.05, 4.69) is 39.7 Å². The van der Waals surface area contributed by atoms with Crippen molar-refractivity contribution in [3.8, 4) is 0 Å². The second-order valence-corrected chi connectivity index (χ2v) is 6.12. The van der Waals surface area contributed by atoms with Crippen LogP contribution in [0.15, 0.2) is 55.0 Å². The average molecular weight is 291 g/mol. The summed E-state index contributed by atoms with van der Waals surface area (Å²) in [6.07, 6.45) is 9.56. The maximum atomic E-state index is 3.78. The Balaban J connectivity index is 0.000000177. The van der Waals surface area contributed by atoms with Crippen LogP contribution in [0, 0.1) is 0 Å². The smallest absolute Gasteiger partial charge is 0.0459 e. The molecule has 1 aliphatic heterocycles. The van der Waals surface area contributed by atoms with Crippen LogP contribution in [0.3, 0.4) is 0 Å². The molecule has 0 unspecified atom stereocenters. The first kappa shape index (κ1) is 13.5. The van der Waals surface area contributed by atoms with Crippen LogP contribution in [-0.4, -0.2) is 22.6 Å². The fraction of sp³-hybridized carbons (Fsp3) is 0.316. The highest BCUT2D eigenvalue weighted by atomic mass is 14.9. The molecule has 2 aliphatic rings. The number of hydrogen-bond donors (Lipinski definition) is 2. The largest absolute Gasteiger partial charge is 0.361 e. The van der Waals surface area contributed by atoms with E-state index in [-0.39, 0.29) is 0 Å². The van der Waals surface area contributed by atoms with E-state index in [0.29, 0.717) is 6.04 Å². The van der Waals surface area contributed by atoms with Gasteiger partial charge in [0.25, 0.3) is 0 Å². The summed E-state index contributed by atoms with van der Waals surface area (Å²) in [5.74, 6) is 0.737. The van der Waals surface area contributed by atoms with Gasteiger partial charge in [0.15, 0.2) is 0 Å². The molecular weight excluding hydrogens is 270 g/mol. The second-order valence-electron chi connectivity index (χ2n) is 6.12. The van der Waals surface area contributed by atoms with Gasteiger partial charge in [0, 0.05) is 41.5 Å². The van der Waals surface area contributed by atoms with E-state index in [9.17, 15) is 0 Å². The number of aromatic amines is 1.